The Bertz CT molecular complexity index is 478. The lowest BCUT2D eigenvalue weighted by molar-refractivity contribution is 0.955. The number of benzene rings is 1. The van der Waals surface area contributed by atoms with Crippen LogP contribution in [0.5, 0.6) is 0 Å². The van der Waals surface area contributed by atoms with E-state index in [0.717, 1.165) is 10.6 Å². The van der Waals surface area contributed by atoms with Crippen LogP contribution in [0.2, 0.25) is 5.02 Å². The minimum Gasteiger partial charge on any atom is -0.318 e. The third-order valence-electron chi connectivity index (χ3n) is 2.75. The summed E-state index contributed by atoms with van der Waals surface area (Å²) in [6.07, 6.45) is 0. The second-order valence-corrected chi connectivity index (χ2v) is 4.24. The summed E-state index contributed by atoms with van der Waals surface area (Å²) in [6.45, 7) is 6.26. The van der Waals surface area contributed by atoms with E-state index in [4.69, 9.17) is 11.6 Å². The molecule has 1 nitrogen and oxygen atoms in total. The molecule has 0 aliphatic heterocycles. The molecule has 1 heterocycles. The smallest absolute Gasteiger partial charge is 0.0498 e. The molecule has 0 saturated carbocycles. The van der Waals surface area contributed by atoms with Gasteiger partial charge in [-0.2, -0.15) is 0 Å². The van der Waals surface area contributed by atoms with E-state index in [9.17, 15) is 0 Å². The van der Waals surface area contributed by atoms with Crippen molar-refractivity contribution >= 4 is 11.6 Å². The van der Waals surface area contributed by atoms with Gasteiger partial charge in [0.25, 0.3) is 0 Å². The summed E-state index contributed by atoms with van der Waals surface area (Å²) in [4.78, 5) is 0. The van der Waals surface area contributed by atoms with E-state index in [1.165, 1.54) is 17.1 Å². The molecule has 0 amide bonds. The number of aromatic nitrogens is 1. The topological polar surface area (TPSA) is 4.93 Å². The quantitative estimate of drug-likeness (QED) is 0.682. The van der Waals surface area contributed by atoms with Crippen LogP contribution in [0.15, 0.2) is 30.3 Å². The zero-order valence-electron chi connectivity index (χ0n) is 9.21. The van der Waals surface area contributed by atoms with E-state index in [-0.39, 0.29) is 0 Å². The molecule has 0 atom stereocenters. The highest BCUT2D eigenvalue weighted by Gasteiger charge is 2.07. The van der Waals surface area contributed by atoms with Crippen LogP contribution in [-0.4, -0.2) is 4.57 Å². The van der Waals surface area contributed by atoms with Gasteiger partial charge in [0.1, 0.15) is 0 Å². The number of hydrogen-bond acceptors (Lipinski definition) is 0. The van der Waals surface area contributed by atoms with Crippen molar-refractivity contribution in [3.8, 4) is 5.69 Å². The van der Waals surface area contributed by atoms with Gasteiger partial charge < -0.3 is 4.57 Å². The maximum atomic E-state index is 6.12. The van der Waals surface area contributed by atoms with Gasteiger partial charge in [0.15, 0.2) is 0 Å². The molecule has 78 valence electrons. The van der Waals surface area contributed by atoms with Gasteiger partial charge >= 0.3 is 0 Å². The molecule has 1 aromatic carbocycles. The first-order chi connectivity index (χ1) is 7.11. The average molecular weight is 220 g/mol. The van der Waals surface area contributed by atoms with Crippen LogP contribution in [0.3, 0.4) is 0 Å². The normalized spacial score (nSPS) is 10.7. The third kappa shape index (κ3) is 1.68. The molecule has 2 heteroatoms. The van der Waals surface area contributed by atoms with Crippen molar-refractivity contribution in [2.24, 2.45) is 0 Å². The van der Waals surface area contributed by atoms with Gasteiger partial charge in [0.2, 0.25) is 0 Å². The molecule has 0 spiro atoms. The highest BCUT2D eigenvalue weighted by molar-refractivity contribution is 6.31. The Balaban J connectivity index is 2.69. The molecular formula is C13H14ClN. The Kier molecular flexibility index (Phi) is 2.57. The first kappa shape index (κ1) is 10.3. The second-order valence-electron chi connectivity index (χ2n) is 3.84. The fraction of sp³-hybridized carbons (Fsp3) is 0.231. The molecule has 0 aliphatic rings. The van der Waals surface area contributed by atoms with Gasteiger partial charge in [-0.25, -0.2) is 0 Å². The molecule has 0 fully saturated rings. The highest BCUT2D eigenvalue weighted by Crippen LogP contribution is 2.24. The summed E-state index contributed by atoms with van der Waals surface area (Å²) in [5.74, 6) is 0. The third-order valence-corrected chi connectivity index (χ3v) is 3.16. The Hall–Kier alpha value is -1.21. The summed E-state index contributed by atoms with van der Waals surface area (Å²) in [6, 6.07) is 10.3. The van der Waals surface area contributed by atoms with Gasteiger partial charge in [-0.15, -0.1) is 0 Å². The van der Waals surface area contributed by atoms with Crippen molar-refractivity contribution in [2.75, 3.05) is 0 Å². The van der Waals surface area contributed by atoms with Gasteiger partial charge in [-0.05, 0) is 50.6 Å². The minimum absolute atomic E-state index is 0.819. The molecule has 2 rings (SSSR count). The monoisotopic (exact) mass is 219 g/mol. The summed E-state index contributed by atoms with van der Waals surface area (Å²) in [5, 5.41) is 0.819. The van der Waals surface area contributed by atoms with Gasteiger partial charge in [-0.3, -0.25) is 0 Å². The second kappa shape index (κ2) is 3.74. The van der Waals surface area contributed by atoms with Crippen molar-refractivity contribution in [3.63, 3.8) is 0 Å². The van der Waals surface area contributed by atoms with E-state index >= 15 is 0 Å². The van der Waals surface area contributed by atoms with Crippen molar-refractivity contribution in [1.29, 1.82) is 0 Å². The average Bonchev–Trinajstić information content (AvgIpc) is 2.52. The summed E-state index contributed by atoms with van der Waals surface area (Å²) >= 11 is 6.12. The lowest BCUT2D eigenvalue weighted by Gasteiger charge is -2.13. The lowest BCUT2D eigenvalue weighted by Crippen LogP contribution is -2.01. The maximum absolute atomic E-state index is 6.12. The fourth-order valence-electron chi connectivity index (χ4n) is 1.89. The van der Waals surface area contributed by atoms with E-state index in [1.54, 1.807) is 0 Å². The van der Waals surface area contributed by atoms with Gasteiger partial charge in [-0.1, -0.05) is 17.7 Å². The van der Waals surface area contributed by atoms with Crippen LogP contribution < -0.4 is 0 Å². The van der Waals surface area contributed by atoms with E-state index < -0.39 is 0 Å². The standard InChI is InChI=1S/C13H14ClN/c1-9-7-8-10(2)15(9)13-6-4-5-12(14)11(13)3/h4-8H,1-3H3. The summed E-state index contributed by atoms with van der Waals surface area (Å²) in [7, 11) is 0. The first-order valence-electron chi connectivity index (χ1n) is 5.01. The zero-order valence-corrected chi connectivity index (χ0v) is 9.97. The van der Waals surface area contributed by atoms with Gasteiger partial charge in [0, 0.05) is 22.1 Å². The van der Waals surface area contributed by atoms with Crippen molar-refractivity contribution in [3.05, 3.63) is 52.3 Å². The number of hydrogen-bond donors (Lipinski definition) is 0. The Morgan fingerprint density at radius 2 is 1.53 bits per heavy atom. The molecule has 0 N–H and O–H groups in total. The van der Waals surface area contributed by atoms with Crippen LogP contribution in [0.4, 0.5) is 0 Å². The van der Waals surface area contributed by atoms with E-state index in [2.05, 4.69) is 43.5 Å². The minimum atomic E-state index is 0.819. The van der Waals surface area contributed by atoms with Crippen LogP contribution in [0, 0.1) is 20.8 Å². The van der Waals surface area contributed by atoms with Crippen molar-refractivity contribution in [1.82, 2.24) is 4.57 Å². The SMILES string of the molecule is Cc1c(Cl)cccc1-n1c(C)ccc1C. The van der Waals surface area contributed by atoms with Crippen molar-refractivity contribution < 1.29 is 0 Å². The molecule has 0 radical (unpaired) electrons. The maximum Gasteiger partial charge on any atom is 0.0498 e. The van der Waals surface area contributed by atoms with Crippen molar-refractivity contribution in [2.45, 2.75) is 20.8 Å². The predicted molar refractivity (Wildman–Crippen MR) is 65.0 cm³/mol. The molecule has 0 aliphatic carbocycles. The van der Waals surface area contributed by atoms with Gasteiger partial charge in [0.05, 0.1) is 0 Å². The number of nitrogens with zero attached hydrogens (tertiary/aromatic N) is 1. The molecule has 0 unspecified atom stereocenters. The zero-order chi connectivity index (χ0) is 11.0. The summed E-state index contributed by atoms with van der Waals surface area (Å²) in [5.41, 5.74) is 4.76. The fourth-order valence-corrected chi connectivity index (χ4v) is 2.06. The predicted octanol–water partition coefficient (Wildman–Crippen LogP) is 4.06. The molecule has 1 aromatic heterocycles. The molecule has 0 bridgehead atoms. The molecule has 15 heavy (non-hydrogen) atoms. The highest BCUT2D eigenvalue weighted by atomic mass is 35.5. The number of aryl methyl sites for hydroxylation is 2. The van der Waals surface area contributed by atoms with Crippen LogP contribution >= 0.6 is 11.6 Å². The largest absolute Gasteiger partial charge is 0.318 e. The van der Waals surface area contributed by atoms with Crippen LogP contribution in [0.25, 0.3) is 5.69 Å². The van der Waals surface area contributed by atoms with Crippen LogP contribution in [-0.2, 0) is 0 Å². The Labute approximate surface area is 95.3 Å². The number of rotatable bonds is 1. The number of halogens is 1. The lowest BCUT2D eigenvalue weighted by atomic mass is 10.2. The summed E-state index contributed by atoms with van der Waals surface area (Å²) < 4.78 is 2.22. The first-order valence-corrected chi connectivity index (χ1v) is 5.39. The Morgan fingerprint density at radius 1 is 0.933 bits per heavy atom. The van der Waals surface area contributed by atoms with Crippen LogP contribution in [0.1, 0.15) is 17.0 Å². The molecule has 2 aromatic rings. The van der Waals surface area contributed by atoms with E-state index in [0.29, 0.717) is 0 Å². The van der Waals surface area contributed by atoms with E-state index in [1.807, 2.05) is 12.1 Å². The molecule has 0 saturated heterocycles. The Morgan fingerprint density at radius 3 is 2.13 bits per heavy atom. The molecular weight excluding hydrogens is 206 g/mol.